The third-order valence-electron chi connectivity index (χ3n) is 3.54. The Morgan fingerprint density at radius 3 is 2.35 bits per heavy atom. The fourth-order valence-corrected chi connectivity index (χ4v) is 2.34. The molecule has 0 aliphatic carbocycles. The van der Waals surface area contributed by atoms with Crippen LogP contribution >= 0.6 is 0 Å². The number of rotatable bonds is 8. The molecule has 0 aromatic heterocycles. The van der Waals surface area contributed by atoms with E-state index >= 15 is 0 Å². The van der Waals surface area contributed by atoms with E-state index in [-0.39, 0.29) is 12.1 Å². The van der Waals surface area contributed by atoms with Gasteiger partial charge in [0.25, 0.3) is 5.69 Å². The number of non-ortho nitro benzene ring substituents is 1. The number of nitrogens with one attached hydrogen (secondary N) is 1. The third kappa shape index (κ3) is 4.94. The van der Waals surface area contributed by atoms with E-state index in [2.05, 4.69) is 10.5 Å². The normalized spacial score (nSPS) is 12.8. The molecule has 0 heterocycles. The summed E-state index contributed by atoms with van der Waals surface area (Å²) < 4.78 is 0. The fourth-order valence-electron chi connectivity index (χ4n) is 2.34. The highest BCUT2D eigenvalue weighted by Gasteiger charge is 2.39. The van der Waals surface area contributed by atoms with Crippen molar-refractivity contribution >= 4 is 22.8 Å². The summed E-state index contributed by atoms with van der Waals surface area (Å²) in [5.41, 5.74) is 0.751. The van der Waals surface area contributed by atoms with Crippen LogP contribution in [0.15, 0.2) is 23.3 Å². The van der Waals surface area contributed by atoms with Crippen molar-refractivity contribution in [3.8, 4) is 6.07 Å². The second-order valence-corrected chi connectivity index (χ2v) is 6.16. The molecular weight excluding hydrogens is 348 g/mol. The van der Waals surface area contributed by atoms with Crippen LogP contribution < -0.4 is 5.43 Å². The number of nitriles is 1. The highest BCUT2D eigenvalue weighted by Crippen LogP contribution is 2.30. The maximum absolute atomic E-state index is 11.1. The van der Waals surface area contributed by atoms with E-state index in [1.54, 1.807) is 13.0 Å². The summed E-state index contributed by atoms with van der Waals surface area (Å²) in [6, 6.07) is 3.22. The van der Waals surface area contributed by atoms with Gasteiger partial charge in [0.2, 0.25) is 0 Å². The number of nitro benzene ring substituents is 2. The minimum absolute atomic E-state index is 0.0659. The summed E-state index contributed by atoms with van der Waals surface area (Å²) >= 11 is 0. The molecule has 1 atom stereocenters. The van der Waals surface area contributed by atoms with Crippen molar-refractivity contribution in [2.24, 2.45) is 10.5 Å². The Labute approximate surface area is 147 Å². The fraction of sp³-hybridized carbons (Fsp3) is 0.429. The molecule has 1 aromatic rings. The van der Waals surface area contributed by atoms with Crippen LogP contribution in [0.2, 0.25) is 0 Å². The van der Waals surface area contributed by atoms with Crippen LogP contribution in [0.1, 0.15) is 27.2 Å². The number of nitrogens with zero attached hydrogens (tertiary/aromatic N) is 5. The number of anilines is 1. The van der Waals surface area contributed by atoms with Gasteiger partial charge in [0.1, 0.15) is 11.8 Å². The van der Waals surface area contributed by atoms with E-state index < -0.39 is 37.6 Å². The lowest BCUT2D eigenvalue weighted by atomic mass is 9.81. The minimum atomic E-state index is -1.44. The molecule has 12 heteroatoms. The van der Waals surface area contributed by atoms with Crippen molar-refractivity contribution in [2.75, 3.05) is 5.43 Å². The molecule has 0 unspecified atom stereocenters. The zero-order valence-electron chi connectivity index (χ0n) is 14.2. The van der Waals surface area contributed by atoms with Crippen LogP contribution in [-0.2, 0) is 0 Å². The van der Waals surface area contributed by atoms with Gasteiger partial charge in [-0.25, -0.2) is 0 Å². The van der Waals surface area contributed by atoms with E-state index in [9.17, 15) is 30.3 Å². The molecule has 0 aliphatic rings. The van der Waals surface area contributed by atoms with Gasteiger partial charge in [-0.05, 0) is 19.4 Å². The van der Waals surface area contributed by atoms with E-state index in [1.165, 1.54) is 13.8 Å². The second-order valence-electron chi connectivity index (χ2n) is 6.16. The number of nitro groups is 3. The molecule has 1 N–H and O–H groups in total. The Balaban J connectivity index is 3.03. The summed E-state index contributed by atoms with van der Waals surface area (Å²) in [7, 11) is 0. The molecule has 0 aliphatic heterocycles. The van der Waals surface area contributed by atoms with E-state index in [1.807, 2.05) is 0 Å². The van der Waals surface area contributed by atoms with Crippen LogP contribution in [-0.4, -0.2) is 26.5 Å². The molecule has 1 aromatic carbocycles. The maximum atomic E-state index is 11.1. The zero-order valence-corrected chi connectivity index (χ0v) is 14.2. The van der Waals surface area contributed by atoms with Crippen LogP contribution in [0.25, 0.3) is 0 Å². The Hall–Kier alpha value is -3.62. The van der Waals surface area contributed by atoms with Crippen LogP contribution in [0, 0.1) is 47.1 Å². The highest BCUT2D eigenvalue weighted by atomic mass is 16.6. The molecule has 0 amide bonds. The van der Waals surface area contributed by atoms with Gasteiger partial charge in [-0.1, -0.05) is 13.8 Å². The smallest absolute Gasteiger partial charge is 0.272 e. The first-order valence-corrected chi connectivity index (χ1v) is 7.24. The van der Waals surface area contributed by atoms with Crippen molar-refractivity contribution in [3.05, 3.63) is 48.5 Å². The molecule has 0 spiro atoms. The lowest BCUT2D eigenvalue weighted by Gasteiger charge is -2.23. The minimum Gasteiger partial charge on any atom is -0.272 e. The predicted octanol–water partition coefficient (Wildman–Crippen LogP) is 2.88. The summed E-state index contributed by atoms with van der Waals surface area (Å²) in [5.74, 6) is 0. The van der Waals surface area contributed by atoms with E-state index in [0.29, 0.717) is 5.71 Å². The van der Waals surface area contributed by atoms with Crippen molar-refractivity contribution in [1.29, 1.82) is 5.26 Å². The van der Waals surface area contributed by atoms with Gasteiger partial charge in [-0.3, -0.25) is 35.8 Å². The Morgan fingerprint density at radius 1 is 1.27 bits per heavy atom. The molecule has 0 saturated carbocycles. The van der Waals surface area contributed by atoms with Crippen LogP contribution in [0.4, 0.5) is 17.1 Å². The molecule has 26 heavy (non-hydrogen) atoms. The van der Waals surface area contributed by atoms with Crippen molar-refractivity contribution in [3.63, 3.8) is 0 Å². The number of hydrogen-bond donors (Lipinski definition) is 1. The molecule has 0 saturated heterocycles. The quantitative estimate of drug-likeness (QED) is 0.415. The zero-order chi connectivity index (χ0) is 20.1. The summed E-state index contributed by atoms with van der Waals surface area (Å²) in [6.45, 7) is 4.62. The van der Waals surface area contributed by atoms with Crippen LogP contribution in [0.3, 0.4) is 0 Å². The molecule has 0 radical (unpaired) electrons. The predicted molar refractivity (Wildman–Crippen MR) is 91.3 cm³/mol. The highest BCUT2D eigenvalue weighted by molar-refractivity contribution is 5.83. The van der Waals surface area contributed by atoms with E-state index in [0.717, 1.165) is 18.2 Å². The molecule has 138 valence electrons. The summed E-state index contributed by atoms with van der Waals surface area (Å²) in [6.07, 6.45) is 0.0833. The Bertz CT molecular complexity index is 813. The molecule has 0 fully saturated rings. The lowest BCUT2D eigenvalue weighted by molar-refractivity contribution is -0.524. The first-order chi connectivity index (χ1) is 12.0. The number of hydrazone groups is 1. The first-order valence-electron chi connectivity index (χ1n) is 7.24. The average Bonchev–Trinajstić information content (AvgIpc) is 2.51. The van der Waals surface area contributed by atoms with Crippen LogP contribution in [0.5, 0.6) is 0 Å². The van der Waals surface area contributed by atoms with Gasteiger partial charge < -0.3 is 0 Å². The molecular formula is C14H16N6O6. The van der Waals surface area contributed by atoms with Crippen molar-refractivity contribution in [2.45, 2.75) is 33.2 Å². The summed E-state index contributed by atoms with van der Waals surface area (Å²) in [4.78, 5) is 30.5. The van der Waals surface area contributed by atoms with Gasteiger partial charge in [-0.15, -0.1) is 0 Å². The second kappa shape index (κ2) is 7.97. The van der Waals surface area contributed by atoms with Gasteiger partial charge in [-0.2, -0.15) is 10.4 Å². The molecule has 12 nitrogen and oxygen atoms in total. The van der Waals surface area contributed by atoms with Gasteiger partial charge in [0.15, 0.2) is 0 Å². The first kappa shape index (κ1) is 20.4. The standard InChI is InChI=1S/C14H16N6O6/c1-9(7-14(2,3)13(8-15)20(25)26)16-17-11-5-4-10(18(21)22)6-12(11)19(23)24/h4-6,13,17H,7H2,1-3H3/b16-9+/t13-/m1/s1. The molecule has 1 rings (SSSR count). The SMILES string of the molecule is C/C(CC(C)(C)[C@@H](C#N)[N+](=O)[O-])=N\Nc1ccc([N+](=O)[O-])cc1[N+](=O)[O-]. The lowest BCUT2D eigenvalue weighted by Crippen LogP contribution is -2.36. The van der Waals surface area contributed by atoms with Gasteiger partial charge in [0.05, 0.1) is 21.3 Å². The number of hydrogen-bond acceptors (Lipinski definition) is 9. The average molecular weight is 364 g/mol. The summed E-state index contributed by atoms with van der Waals surface area (Å²) in [5, 5.41) is 45.6. The topological polar surface area (TPSA) is 178 Å². The van der Waals surface area contributed by atoms with Gasteiger partial charge >= 0.3 is 11.7 Å². The molecule has 0 bridgehead atoms. The Morgan fingerprint density at radius 2 is 1.88 bits per heavy atom. The van der Waals surface area contributed by atoms with Gasteiger partial charge in [0, 0.05) is 16.7 Å². The van der Waals surface area contributed by atoms with Crippen molar-refractivity contribution < 1.29 is 14.8 Å². The third-order valence-corrected chi connectivity index (χ3v) is 3.54. The Kier molecular flexibility index (Phi) is 6.26. The largest absolute Gasteiger partial charge is 0.302 e. The van der Waals surface area contributed by atoms with Crippen molar-refractivity contribution in [1.82, 2.24) is 0 Å². The monoisotopic (exact) mass is 364 g/mol. The maximum Gasteiger partial charge on any atom is 0.302 e. The van der Waals surface area contributed by atoms with E-state index in [4.69, 9.17) is 5.26 Å². The number of benzene rings is 1.